The minimum Gasteiger partial charge on any atom is -0.496 e. The van der Waals surface area contributed by atoms with Crippen molar-refractivity contribution in [3.63, 3.8) is 0 Å². The highest BCUT2D eigenvalue weighted by Crippen LogP contribution is 2.34. The molecule has 0 atom stereocenters. The summed E-state index contributed by atoms with van der Waals surface area (Å²) in [5, 5.41) is 7.60. The van der Waals surface area contributed by atoms with Gasteiger partial charge in [0.05, 0.1) is 24.2 Å². The Morgan fingerprint density at radius 1 is 0.891 bits per heavy atom. The molecule has 1 aromatic heterocycles. The van der Waals surface area contributed by atoms with Crippen molar-refractivity contribution in [3.8, 4) is 22.9 Å². The molecule has 232 valence electrons. The Morgan fingerprint density at radius 3 is 2.39 bits per heavy atom. The van der Waals surface area contributed by atoms with Crippen LogP contribution in [0.3, 0.4) is 0 Å². The van der Waals surface area contributed by atoms with Gasteiger partial charge in [-0.25, -0.2) is 4.98 Å². The zero-order valence-corrected chi connectivity index (χ0v) is 27.1. The molecule has 6 aromatic rings. The van der Waals surface area contributed by atoms with E-state index in [9.17, 15) is 4.79 Å². The van der Waals surface area contributed by atoms with Crippen molar-refractivity contribution in [3.05, 3.63) is 130 Å². The molecule has 46 heavy (non-hydrogen) atoms. The third-order valence-corrected chi connectivity index (χ3v) is 8.28. The molecule has 7 nitrogen and oxygen atoms in total. The molecule has 5 aromatic carbocycles. The Labute approximate surface area is 269 Å². The Balaban J connectivity index is 1.47. The maximum Gasteiger partial charge on any atom is 0.282 e. The average molecular weight is 611 g/mol. The van der Waals surface area contributed by atoms with Crippen molar-refractivity contribution < 1.29 is 9.47 Å². The van der Waals surface area contributed by atoms with E-state index in [2.05, 4.69) is 44.2 Å². The molecule has 6 rings (SSSR count). The number of nitrogens with zero attached hydrogens (tertiary/aromatic N) is 4. The smallest absolute Gasteiger partial charge is 0.282 e. The average Bonchev–Trinajstić information content (AvgIpc) is 3.06. The van der Waals surface area contributed by atoms with Crippen LogP contribution < -0.4 is 19.9 Å². The van der Waals surface area contributed by atoms with E-state index in [1.165, 1.54) is 4.68 Å². The normalized spacial score (nSPS) is 11.5. The van der Waals surface area contributed by atoms with E-state index < -0.39 is 0 Å². The maximum atomic E-state index is 14.0. The van der Waals surface area contributed by atoms with Crippen LogP contribution in [0.25, 0.3) is 33.1 Å². The first kappa shape index (κ1) is 30.6. The molecule has 0 aliphatic heterocycles. The molecule has 0 saturated heterocycles. The molecule has 0 unspecified atom stereocenters. The van der Waals surface area contributed by atoms with E-state index in [0.717, 1.165) is 50.0 Å². The molecule has 0 bridgehead atoms. The third kappa shape index (κ3) is 5.96. The fourth-order valence-corrected chi connectivity index (χ4v) is 5.70. The van der Waals surface area contributed by atoms with E-state index in [0.29, 0.717) is 29.1 Å². The van der Waals surface area contributed by atoms with Gasteiger partial charge < -0.3 is 14.4 Å². The number of hydrogen-bond acceptors (Lipinski definition) is 6. The van der Waals surface area contributed by atoms with Crippen molar-refractivity contribution in [2.45, 2.75) is 33.3 Å². The summed E-state index contributed by atoms with van der Waals surface area (Å²) >= 11 is 0. The molecule has 0 amide bonds. The highest BCUT2D eigenvalue weighted by atomic mass is 16.5. The Morgan fingerprint density at radius 2 is 1.63 bits per heavy atom. The highest BCUT2D eigenvalue weighted by molar-refractivity contribution is 5.87. The quantitative estimate of drug-likeness (QED) is 0.154. The van der Waals surface area contributed by atoms with Gasteiger partial charge in [0.15, 0.2) is 5.82 Å². The summed E-state index contributed by atoms with van der Waals surface area (Å²) in [6, 6.07) is 31.9. The number of aromatic nitrogens is 2. The number of hydrogen-bond donors (Lipinski definition) is 0. The highest BCUT2D eigenvalue weighted by Gasteiger charge is 2.19. The first-order valence-corrected chi connectivity index (χ1v) is 15.4. The van der Waals surface area contributed by atoms with Gasteiger partial charge in [0.2, 0.25) is 0 Å². The zero-order chi connectivity index (χ0) is 32.4. The lowest BCUT2D eigenvalue weighted by Crippen LogP contribution is -2.21. The predicted octanol–water partition coefficient (Wildman–Crippen LogP) is 8.18. The zero-order valence-electron chi connectivity index (χ0n) is 27.1. The number of aryl methyl sites for hydroxylation is 1. The molecule has 0 aliphatic carbocycles. The number of ether oxygens (including phenoxy) is 2. The molecule has 0 saturated carbocycles. The van der Waals surface area contributed by atoms with Crippen molar-refractivity contribution in [1.82, 2.24) is 9.66 Å². The first-order chi connectivity index (χ1) is 22.2. The number of para-hydroxylation sites is 1. The minimum absolute atomic E-state index is 0.204. The first-order valence-electron chi connectivity index (χ1n) is 15.4. The molecule has 0 N–H and O–H groups in total. The van der Waals surface area contributed by atoms with Crippen molar-refractivity contribution in [2.24, 2.45) is 5.10 Å². The lowest BCUT2D eigenvalue weighted by molar-refractivity contribution is 0.307. The van der Waals surface area contributed by atoms with Crippen LogP contribution in [0.1, 0.15) is 42.0 Å². The van der Waals surface area contributed by atoms with Gasteiger partial charge in [-0.2, -0.15) is 9.78 Å². The fourth-order valence-electron chi connectivity index (χ4n) is 5.70. The minimum atomic E-state index is -0.249. The van der Waals surface area contributed by atoms with Gasteiger partial charge >= 0.3 is 0 Å². The van der Waals surface area contributed by atoms with Crippen LogP contribution >= 0.6 is 0 Å². The van der Waals surface area contributed by atoms with Crippen LogP contribution in [0.15, 0.2) is 107 Å². The summed E-state index contributed by atoms with van der Waals surface area (Å²) < 4.78 is 13.6. The van der Waals surface area contributed by atoms with Crippen molar-refractivity contribution in [1.29, 1.82) is 0 Å². The van der Waals surface area contributed by atoms with E-state index in [1.807, 2.05) is 86.6 Å². The molecular formula is C39H38N4O3. The predicted molar refractivity (Wildman–Crippen MR) is 189 cm³/mol. The Kier molecular flexibility index (Phi) is 8.57. The van der Waals surface area contributed by atoms with Crippen molar-refractivity contribution >= 4 is 33.6 Å². The molecule has 0 radical (unpaired) electrons. The SMILES string of the molecule is COc1cc(C)c(-c2nc3ccccc3c(=O)n2N=Cc2ccc(N(C)C)cc2OCc2cccc3ccccc23)cc1C(C)C. The largest absolute Gasteiger partial charge is 0.496 e. The Bertz CT molecular complexity index is 2140. The van der Waals surface area contributed by atoms with Gasteiger partial charge in [0.1, 0.15) is 18.1 Å². The third-order valence-electron chi connectivity index (χ3n) is 8.28. The van der Waals surface area contributed by atoms with Gasteiger partial charge in [-0.05, 0) is 76.7 Å². The summed E-state index contributed by atoms with van der Waals surface area (Å²) in [6.45, 7) is 6.61. The van der Waals surface area contributed by atoms with Gasteiger partial charge in [-0.3, -0.25) is 4.79 Å². The van der Waals surface area contributed by atoms with Crippen LogP contribution in [0.5, 0.6) is 11.5 Å². The second-order valence-corrected chi connectivity index (χ2v) is 11.9. The second kappa shape index (κ2) is 12.9. The fraction of sp³-hybridized carbons (Fsp3) is 0.205. The van der Waals surface area contributed by atoms with Gasteiger partial charge in [0.25, 0.3) is 5.56 Å². The van der Waals surface area contributed by atoms with Crippen LogP contribution in [0, 0.1) is 6.92 Å². The van der Waals surface area contributed by atoms with Crippen LogP contribution in [-0.2, 0) is 6.61 Å². The molecule has 7 heteroatoms. The summed E-state index contributed by atoms with van der Waals surface area (Å²) in [7, 11) is 5.66. The number of rotatable bonds is 9. The lowest BCUT2D eigenvalue weighted by Gasteiger charge is -2.18. The van der Waals surface area contributed by atoms with Crippen molar-refractivity contribution in [2.75, 3.05) is 26.1 Å². The van der Waals surface area contributed by atoms with Crippen LogP contribution in [0.4, 0.5) is 5.69 Å². The molecule has 1 heterocycles. The van der Waals surface area contributed by atoms with Gasteiger partial charge in [-0.1, -0.05) is 68.4 Å². The number of benzene rings is 5. The number of anilines is 1. The van der Waals surface area contributed by atoms with E-state index in [1.54, 1.807) is 19.4 Å². The summed E-state index contributed by atoms with van der Waals surface area (Å²) in [5.74, 6) is 2.14. The van der Waals surface area contributed by atoms with E-state index in [-0.39, 0.29) is 11.5 Å². The summed E-state index contributed by atoms with van der Waals surface area (Å²) in [4.78, 5) is 21.0. The molecule has 0 spiro atoms. The molecule has 0 fully saturated rings. The number of methoxy groups -OCH3 is 1. The molecule has 0 aliphatic rings. The standard InChI is InChI=1S/C39H38N4O3/c1-25(2)33-22-34(26(3)20-37(33)45-6)38-41-35-17-10-9-16-32(35)39(44)43(38)40-23-28-18-19-30(42(4)5)21-36(28)46-24-29-14-11-13-27-12-7-8-15-31(27)29/h7-23,25H,24H2,1-6H3. The van der Waals surface area contributed by atoms with Gasteiger partial charge in [0, 0.05) is 37.0 Å². The lowest BCUT2D eigenvalue weighted by atomic mass is 9.96. The van der Waals surface area contributed by atoms with Crippen LogP contribution in [0.2, 0.25) is 0 Å². The molecular weight excluding hydrogens is 572 g/mol. The monoisotopic (exact) mass is 610 g/mol. The second-order valence-electron chi connectivity index (χ2n) is 11.9. The maximum absolute atomic E-state index is 14.0. The van der Waals surface area contributed by atoms with Gasteiger partial charge in [-0.15, -0.1) is 0 Å². The summed E-state index contributed by atoms with van der Waals surface area (Å²) in [5.41, 5.74) is 5.97. The summed E-state index contributed by atoms with van der Waals surface area (Å²) in [6.07, 6.45) is 1.68. The van der Waals surface area contributed by atoms with E-state index in [4.69, 9.17) is 19.6 Å². The van der Waals surface area contributed by atoms with E-state index >= 15 is 0 Å². The topological polar surface area (TPSA) is 69.0 Å². The Hall–Kier alpha value is -5.43. The number of fused-ring (bicyclic) bond motifs is 2. The van der Waals surface area contributed by atoms with Crippen LogP contribution in [-0.4, -0.2) is 37.1 Å².